The summed E-state index contributed by atoms with van der Waals surface area (Å²) in [5, 5.41) is 13.5. The van der Waals surface area contributed by atoms with Crippen LogP contribution < -0.4 is 5.32 Å². The molecule has 0 heterocycles. The van der Waals surface area contributed by atoms with Gasteiger partial charge in [-0.2, -0.15) is 0 Å². The van der Waals surface area contributed by atoms with Crippen molar-refractivity contribution >= 4 is 23.2 Å². The highest BCUT2D eigenvalue weighted by Crippen LogP contribution is 2.25. The van der Waals surface area contributed by atoms with E-state index in [0.717, 1.165) is 12.8 Å². The fourth-order valence-corrected chi connectivity index (χ4v) is 2.18. The Kier molecular flexibility index (Phi) is 5.95. The number of benzene rings is 1. The Hall–Kier alpha value is -1.62. The monoisotopic (exact) mass is 298 g/mol. The van der Waals surface area contributed by atoms with Gasteiger partial charge in [0.2, 0.25) is 0 Å². The number of nitrogens with zero attached hydrogens (tertiary/aromatic N) is 1. The van der Waals surface area contributed by atoms with E-state index < -0.39 is 4.92 Å². The zero-order chi connectivity index (χ0) is 15.3. The Morgan fingerprint density at radius 3 is 2.60 bits per heavy atom. The number of nitrogens with one attached hydrogen (secondary N) is 1. The standard InChI is InChI=1S/C14H19ClN2O3/c1-4-9(2)7-10(3)16-14(18)11-5-6-13(17(19)20)12(15)8-11/h5-6,8-10H,4,7H2,1-3H3,(H,16,18). The van der Waals surface area contributed by atoms with Gasteiger partial charge in [0.05, 0.1) is 4.92 Å². The van der Waals surface area contributed by atoms with Crippen LogP contribution in [0.15, 0.2) is 18.2 Å². The first-order valence-corrected chi connectivity index (χ1v) is 6.97. The van der Waals surface area contributed by atoms with Gasteiger partial charge >= 0.3 is 0 Å². The predicted molar refractivity (Wildman–Crippen MR) is 79.1 cm³/mol. The number of halogens is 1. The van der Waals surface area contributed by atoms with Crippen molar-refractivity contribution in [1.29, 1.82) is 0 Å². The summed E-state index contributed by atoms with van der Waals surface area (Å²) >= 11 is 5.79. The minimum atomic E-state index is -0.574. The van der Waals surface area contributed by atoms with E-state index in [0.29, 0.717) is 11.5 Å². The third-order valence-electron chi connectivity index (χ3n) is 3.24. The van der Waals surface area contributed by atoms with Crippen LogP contribution in [-0.4, -0.2) is 16.9 Å². The van der Waals surface area contributed by atoms with Crippen LogP contribution in [-0.2, 0) is 0 Å². The molecule has 0 aliphatic heterocycles. The number of nitro benzene ring substituents is 1. The van der Waals surface area contributed by atoms with Crippen molar-refractivity contribution in [1.82, 2.24) is 5.32 Å². The van der Waals surface area contributed by atoms with Crippen molar-refractivity contribution in [3.8, 4) is 0 Å². The molecule has 0 saturated carbocycles. The zero-order valence-electron chi connectivity index (χ0n) is 11.9. The van der Waals surface area contributed by atoms with Crippen molar-refractivity contribution in [2.24, 2.45) is 5.92 Å². The lowest BCUT2D eigenvalue weighted by Gasteiger charge is -2.17. The number of rotatable bonds is 6. The average Bonchev–Trinajstić information content (AvgIpc) is 2.37. The van der Waals surface area contributed by atoms with Crippen LogP contribution in [0.3, 0.4) is 0 Å². The van der Waals surface area contributed by atoms with E-state index in [1.807, 2.05) is 6.92 Å². The lowest BCUT2D eigenvalue weighted by molar-refractivity contribution is -0.384. The molecule has 2 unspecified atom stereocenters. The second kappa shape index (κ2) is 7.24. The smallest absolute Gasteiger partial charge is 0.287 e. The molecule has 5 nitrogen and oxygen atoms in total. The van der Waals surface area contributed by atoms with Gasteiger partial charge in [0.15, 0.2) is 0 Å². The van der Waals surface area contributed by atoms with Gasteiger partial charge in [0.25, 0.3) is 11.6 Å². The van der Waals surface area contributed by atoms with E-state index in [9.17, 15) is 14.9 Å². The molecular weight excluding hydrogens is 280 g/mol. The van der Waals surface area contributed by atoms with Gasteiger partial charge in [-0.05, 0) is 31.4 Å². The Balaban J connectivity index is 2.73. The molecule has 110 valence electrons. The van der Waals surface area contributed by atoms with Crippen LogP contribution in [0, 0.1) is 16.0 Å². The Morgan fingerprint density at radius 1 is 1.45 bits per heavy atom. The molecule has 20 heavy (non-hydrogen) atoms. The number of hydrogen-bond acceptors (Lipinski definition) is 3. The van der Waals surface area contributed by atoms with Gasteiger partial charge in [-0.15, -0.1) is 0 Å². The predicted octanol–water partition coefficient (Wildman–Crippen LogP) is 3.80. The molecule has 0 aliphatic rings. The molecule has 0 radical (unpaired) electrons. The van der Waals surface area contributed by atoms with Crippen LogP contribution >= 0.6 is 11.6 Å². The molecular formula is C14H19ClN2O3. The number of carbonyl (C=O) groups excluding carboxylic acids is 1. The van der Waals surface area contributed by atoms with Crippen LogP contribution in [0.1, 0.15) is 44.0 Å². The summed E-state index contributed by atoms with van der Waals surface area (Å²) in [6.45, 7) is 6.18. The summed E-state index contributed by atoms with van der Waals surface area (Å²) in [4.78, 5) is 22.1. The van der Waals surface area contributed by atoms with Gasteiger partial charge in [0.1, 0.15) is 5.02 Å². The summed E-state index contributed by atoms with van der Waals surface area (Å²) in [7, 11) is 0. The Bertz CT molecular complexity index is 505. The highest BCUT2D eigenvalue weighted by atomic mass is 35.5. The minimum absolute atomic E-state index is 0.0303. The largest absolute Gasteiger partial charge is 0.350 e. The summed E-state index contributed by atoms with van der Waals surface area (Å²) < 4.78 is 0. The molecule has 1 aromatic carbocycles. The van der Waals surface area contributed by atoms with Crippen molar-refractivity contribution in [3.63, 3.8) is 0 Å². The lowest BCUT2D eigenvalue weighted by Crippen LogP contribution is -2.33. The fraction of sp³-hybridized carbons (Fsp3) is 0.500. The Labute approximate surface area is 123 Å². The minimum Gasteiger partial charge on any atom is -0.350 e. The van der Waals surface area contributed by atoms with Crippen molar-refractivity contribution in [2.75, 3.05) is 0 Å². The quantitative estimate of drug-likeness (QED) is 0.641. The third kappa shape index (κ3) is 4.49. The third-order valence-corrected chi connectivity index (χ3v) is 3.54. The lowest BCUT2D eigenvalue weighted by atomic mass is 10.00. The van der Waals surface area contributed by atoms with Gasteiger partial charge in [-0.3, -0.25) is 14.9 Å². The molecule has 6 heteroatoms. The SMILES string of the molecule is CCC(C)CC(C)NC(=O)c1ccc([N+](=O)[O-])c(Cl)c1. The van der Waals surface area contributed by atoms with Crippen LogP contribution in [0.5, 0.6) is 0 Å². The molecule has 0 fully saturated rings. The highest BCUT2D eigenvalue weighted by molar-refractivity contribution is 6.33. The van der Waals surface area contributed by atoms with E-state index in [2.05, 4.69) is 19.2 Å². The van der Waals surface area contributed by atoms with Gasteiger partial charge in [-0.25, -0.2) is 0 Å². The maximum absolute atomic E-state index is 12.0. The molecule has 0 bridgehead atoms. The van der Waals surface area contributed by atoms with E-state index in [-0.39, 0.29) is 22.7 Å². The molecule has 1 aromatic rings. The maximum atomic E-state index is 12.0. The summed E-state index contributed by atoms with van der Waals surface area (Å²) in [6, 6.07) is 4.03. The van der Waals surface area contributed by atoms with E-state index in [1.165, 1.54) is 18.2 Å². The summed E-state index contributed by atoms with van der Waals surface area (Å²) in [6.07, 6.45) is 1.95. The molecule has 0 aliphatic carbocycles. The fourth-order valence-electron chi connectivity index (χ4n) is 1.93. The first-order valence-electron chi connectivity index (χ1n) is 6.60. The molecule has 1 N–H and O–H groups in total. The molecule has 1 amide bonds. The van der Waals surface area contributed by atoms with Gasteiger partial charge < -0.3 is 5.32 Å². The molecule has 0 saturated heterocycles. The number of hydrogen-bond donors (Lipinski definition) is 1. The second-order valence-corrected chi connectivity index (χ2v) is 5.45. The van der Waals surface area contributed by atoms with Crippen molar-refractivity contribution in [3.05, 3.63) is 38.9 Å². The molecule has 0 spiro atoms. The molecule has 0 aromatic heterocycles. The van der Waals surface area contributed by atoms with Crippen LogP contribution in [0.25, 0.3) is 0 Å². The maximum Gasteiger partial charge on any atom is 0.287 e. The van der Waals surface area contributed by atoms with Crippen molar-refractivity contribution < 1.29 is 9.72 Å². The van der Waals surface area contributed by atoms with Crippen LogP contribution in [0.4, 0.5) is 5.69 Å². The normalized spacial score (nSPS) is 13.6. The second-order valence-electron chi connectivity index (χ2n) is 5.05. The molecule has 2 atom stereocenters. The first-order chi connectivity index (χ1) is 9.35. The van der Waals surface area contributed by atoms with E-state index in [1.54, 1.807) is 0 Å². The van der Waals surface area contributed by atoms with E-state index in [4.69, 9.17) is 11.6 Å². The summed E-state index contributed by atoms with van der Waals surface area (Å²) in [5.74, 6) is 0.267. The summed E-state index contributed by atoms with van der Waals surface area (Å²) in [5.41, 5.74) is 0.132. The highest BCUT2D eigenvalue weighted by Gasteiger charge is 2.17. The van der Waals surface area contributed by atoms with E-state index >= 15 is 0 Å². The Morgan fingerprint density at radius 2 is 2.10 bits per heavy atom. The van der Waals surface area contributed by atoms with Crippen molar-refractivity contribution in [2.45, 2.75) is 39.7 Å². The van der Waals surface area contributed by atoms with Gasteiger partial charge in [0, 0.05) is 17.7 Å². The zero-order valence-corrected chi connectivity index (χ0v) is 12.6. The number of carbonyl (C=O) groups is 1. The molecule has 1 rings (SSSR count). The van der Waals surface area contributed by atoms with Crippen LogP contribution in [0.2, 0.25) is 5.02 Å². The average molecular weight is 299 g/mol. The van der Waals surface area contributed by atoms with Gasteiger partial charge in [-0.1, -0.05) is 31.9 Å². The number of nitro groups is 1. The topological polar surface area (TPSA) is 72.2 Å². The first kappa shape index (κ1) is 16.4. The number of amides is 1.